The smallest absolute Gasteiger partial charge is 0.308 e. The summed E-state index contributed by atoms with van der Waals surface area (Å²) < 4.78 is 0. The number of aryl methyl sites for hydroxylation is 1. The van der Waals surface area contributed by atoms with Crippen molar-refractivity contribution in [2.45, 2.75) is 19.9 Å². The van der Waals surface area contributed by atoms with Crippen molar-refractivity contribution in [2.24, 2.45) is 5.92 Å². The average molecular weight is 379 g/mol. The molecule has 8 nitrogen and oxygen atoms in total. The van der Waals surface area contributed by atoms with Gasteiger partial charge in [-0.05, 0) is 24.1 Å². The van der Waals surface area contributed by atoms with Gasteiger partial charge in [0.2, 0.25) is 11.7 Å². The summed E-state index contributed by atoms with van der Waals surface area (Å²) in [5, 5.41) is 24.1. The Hall–Kier alpha value is -3.55. The molecule has 0 fully saturated rings. The largest absolute Gasteiger partial charge is 0.481 e. The van der Waals surface area contributed by atoms with Gasteiger partial charge in [0.25, 0.3) is 0 Å². The van der Waals surface area contributed by atoms with Gasteiger partial charge in [0.1, 0.15) is 6.54 Å². The number of rotatable bonds is 8. The predicted molar refractivity (Wildman–Crippen MR) is 102 cm³/mol. The lowest BCUT2D eigenvalue weighted by Gasteiger charge is -2.13. The fraction of sp³-hybridized carbons (Fsp3) is 0.250. The summed E-state index contributed by atoms with van der Waals surface area (Å²) in [5.74, 6) is -1.61. The van der Waals surface area contributed by atoms with Crippen molar-refractivity contribution in [3.63, 3.8) is 0 Å². The highest BCUT2D eigenvalue weighted by atomic mass is 16.4. The number of amides is 1. The Morgan fingerprint density at radius 3 is 2.64 bits per heavy atom. The van der Waals surface area contributed by atoms with Crippen LogP contribution in [0.2, 0.25) is 0 Å². The summed E-state index contributed by atoms with van der Waals surface area (Å²) in [6.45, 7) is 1.86. The van der Waals surface area contributed by atoms with E-state index in [0.717, 1.165) is 16.7 Å². The molecule has 144 valence electrons. The van der Waals surface area contributed by atoms with Gasteiger partial charge < -0.3 is 10.4 Å². The predicted octanol–water partition coefficient (Wildman–Crippen LogP) is 1.71. The first kappa shape index (κ1) is 19.2. The molecule has 3 rings (SSSR count). The van der Waals surface area contributed by atoms with Crippen LogP contribution in [-0.2, 0) is 22.6 Å². The number of aliphatic carboxylic acids is 1. The van der Waals surface area contributed by atoms with Crippen molar-refractivity contribution in [1.29, 1.82) is 0 Å². The molecule has 0 saturated carbocycles. The number of hydrogen-bond acceptors (Lipinski definition) is 5. The van der Waals surface area contributed by atoms with E-state index >= 15 is 0 Å². The van der Waals surface area contributed by atoms with Crippen molar-refractivity contribution < 1.29 is 14.7 Å². The van der Waals surface area contributed by atoms with Crippen LogP contribution in [0.3, 0.4) is 0 Å². The summed E-state index contributed by atoms with van der Waals surface area (Å²) in [4.78, 5) is 24.9. The SMILES string of the molecule is Cc1cccc(CC(CNC(=O)Cn2nnc(-c3ccccc3)n2)C(=O)O)c1. The van der Waals surface area contributed by atoms with E-state index in [-0.39, 0.29) is 19.0 Å². The molecule has 1 atom stereocenters. The first-order valence-corrected chi connectivity index (χ1v) is 8.89. The zero-order chi connectivity index (χ0) is 19.9. The number of nitrogens with one attached hydrogen (secondary N) is 1. The molecule has 1 heterocycles. The van der Waals surface area contributed by atoms with Gasteiger partial charge in [-0.2, -0.15) is 4.80 Å². The third-order valence-electron chi connectivity index (χ3n) is 4.23. The minimum absolute atomic E-state index is 0.0301. The van der Waals surface area contributed by atoms with Crippen LogP contribution in [0.1, 0.15) is 11.1 Å². The lowest BCUT2D eigenvalue weighted by atomic mass is 9.98. The second kappa shape index (κ2) is 8.90. The van der Waals surface area contributed by atoms with E-state index in [4.69, 9.17) is 0 Å². The molecule has 0 aliphatic heterocycles. The summed E-state index contributed by atoms with van der Waals surface area (Å²) in [7, 11) is 0. The zero-order valence-electron chi connectivity index (χ0n) is 15.4. The van der Waals surface area contributed by atoms with Crippen molar-refractivity contribution >= 4 is 11.9 Å². The number of aromatic nitrogens is 4. The summed E-state index contributed by atoms with van der Waals surface area (Å²) >= 11 is 0. The monoisotopic (exact) mass is 379 g/mol. The van der Waals surface area contributed by atoms with Gasteiger partial charge >= 0.3 is 5.97 Å². The van der Waals surface area contributed by atoms with E-state index in [1.165, 1.54) is 4.80 Å². The molecule has 28 heavy (non-hydrogen) atoms. The molecule has 1 unspecified atom stereocenters. The number of carboxylic acid groups (broad SMARTS) is 1. The van der Waals surface area contributed by atoms with Crippen LogP contribution in [0.15, 0.2) is 54.6 Å². The summed E-state index contributed by atoms with van der Waals surface area (Å²) in [5.41, 5.74) is 2.79. The minimum Gasteiger partial charge on any atom is -0.481 e. The van der Waals surface area contributed by atoms with Gasteiger partial charge in [0, 0.05) is 12.1 Å². The topological polar surface area (TPSA) is 110 Å². The van der Waals surface area contributed by atoms with E-state index in [1.54, 1.807) is 0 Å². The summed E-state index contributed by atoms with van der Waals surface area (Å²) in [6, 6.07) is 17.0. The third-order valence-corrected chi connectivity index (χ3v) is 4.23. The van der Waals surface area contributed by atoms with Crippen LogP contribution in [0.4, 0.5) is 0 Å². The molecule has 0 aliphatic carbocycles. The van der Waals surface area contributed by atoms with Crippen LogP contribution in [0.5, 0.6) is 0 Å². The van der Waals surface area contributed by atoms with E-state index in [1.807, 2.05) is 61.5 Å². The fourth-order valence-corrected chi connectivity index (χ4v) is 2.80. The van der Waals surface area contributed by atoms with E-state index in [9.17, 15) is 14.7 Å². The van der Waals surface area contributed by atoms with E-state index in [0.29, 0.717) is 12.2 Å². The Kier molecular flexibility index (Phi) is 6.11. The van der Waals surface area contributed by atoms with Crippen LogP contribution < -0.4 is 5.32 Å². The molecule has 0 bridgehead atoms. The molecule has 3 aromatic rings. The maximum absolute atomic E-state index is 12.2. The van der Waals surface area contributed by atoms with Crippen molar-refractivity contribution in [3.05, 3.63) is 65.7 Å². The van der Waals surface area contributed by atoms with Crippen LogP contribution in [0, 0.1) is 12.8 Å². The lowest BCUT2D eigenvalue weighted by Crippen LogP contribution is -2.36. The zero-order valence-corrected chi connectivity index (χ0v) is 15.4. The average Bonchev–Trinajstić information content (AvgIpc) is 3.14. The molecule has 1 aromatic heterocycles. The van der Waals surface area contributed by atoms with Gasteiger partial charge in [-0.3, -0.25) is 9.59 Å². The second-order valence-corrected chi connectivity index (χ2v) is 6.54. The minimum atomic E-state index is -0.952. The highest BCUT2D eigenvalue weighted by Crippen LogP contribution is 2.12. The van der Waals surface area contributed by atoms with Gasteiger partial charge in [0.05, 0.1) is 5.92 Å². The first-order valence-electron chi connectivity index (χ1n) is 8.89. The van der Waals surface area contributed by atoms with Gasteiger partial charge in [0.15, 0.2) is 0 Å². The molecule has 1 amide bonds. The number of tetrazole rings is 1. The second-order valence-electron chi connectivity index (χ2n) is 6.54. The van der Waals surface area contributed by atoms with Gasteiger partial charge in [-0.25, -0.2) is 0 Å². The Labute approximate surface area is 162 Å². The number of hydrogen-bond donors (Lipinski definition) is 2. The van der Waals surface area contributed by atoms with Crippen LogP contribution in [-0.4, -0.2) is 43.7 Å². The molecule has 2 aromatic carbocycles. The normalized spacial score (nSPS) is 11.8. The number of nitrogens with zero attached hydrogens (tertiary/aromatic N) is 4. The first-order chi connectivity index (χ1) is 13.5. The Morgan fingerprint density at radius 2 is 1.93 bits per heavy atom. The van der Waals surface area contributed by atoms with Crippen molar-refractivity contribution in [3.8, 4) is 11.4 Å². The third kappa shape index (κ3) is 5.23. The molecule has 0 aliphatic rings. The Bertz CT molecular complexity index is 955. The molecule has 0 spiro atoms. The van der Waals surface area contributed by atoms with Crippen molar-refractivity contribution in [2.75, 3.05) is 6.54 Å². The number of carbonyl (C=O) groups excluding carboxylic acids is 1. The van der Waals surface area contributed by atoms with E-state index in [2.05, 4.69) is 20.7 Å². The Morgan fingerprint density at radius 1 is 1.14 bits per heavy atom. The molecule has 2 N–H and O–H groups in total. The van der Waals surface area contributed by atoms with Crippen LogP contribution in [0.25, 0.3) is 11.4 Å². The summed E-state index contributed by atoms with van der Waals surface area (Å²) in [6.07, 6.45) is 0.344. The highest BCUT2D eigenvalue weighted by Gasteiger charge is 2.19. The Balaban J connectivity index is 1.55. The molecule has 8 heteroatoms. The lowest BCUT2D eigenvalue weighted by molar-refractivity contribution is -0.141. The molecule has 0 radical (unpaired) electrons. The fourth-order valence-electron chi connectivity index (χ4n) is 2.80. The maximum Gasteiger partial charge on any atom is 0.308 e. The number of carbonyl (C=O) groups is 2. The molecular weight excluding hydrogens is 358 g/mol. The van der Waals surface area contributed by atoms with Gasteiger partial charge in [-0.15, -0.1) is 10.2 Å². The maximum atomic E-state index is 12.2. The van der Waals surface area contributed by atoms with Crippen LogP contribution >= 0.6 is 0 Å². The quantitative estimate of drug-likeness (QED) is 0.616. The molecular formula is C20H21N5O3. The van der Waals surface area contributed by atoms with Crippen molar-refractivity contribution in [1.82, 2.24) is 25.5 Å². The number of carboxylic acids is 1. The van der Waals surface area contributed by atoms with Gasteiger partial charge in [-0.1, -0.05) is 60.2 Å². The standard InChI is InChI=1S/C20H21N5O3/c1-14-6-5-7-15(10-14)11-17(20(27)28)12-21-18(26)13-25-23-19(22-24-25)16-8-3-2-4-9-16/h2-10,17H,11-13H2,1H3,(H,21,26)(H,27,28). The highest BCUT2D eigenvalue weighted by molar-refractivity contribution is 5.77. The number of benzene rings is 2. The molecule has 0 saturated heterocycles. The van der Waals surface area contributed by atoms with E-state index < -0.39 is 11.9 Å².